The van der Waals surface area contributed by atoms with Crippen molar-refractivity contribution in [3.05, 3.63) is 0 Å². The lowest BCUT2D eigenvalue weighted by molar-refractivity contribution is -0.163. The van der Waals surface area contributed by atoms with E-state index < -0.39 is 5.41 Å². The van der Waals surface area contributed by atoms with Gasteiger partial charge in [0, 0.05) is 6.42 Å². The van der Waals surface area contributed by atoms with Crippen LogP contribution >= 0.6 is 0 Å². The Morgan fingerprint density at radius 3 is 2.29 bits per heavy atom. The van der Waals surface area contributed by atoms with Gasteiger partial charge in [-0.2, -0.15) is 0 Å². The minimum atomic E-state index is -0.522. The zero-order chi connectivity index (χ0) is 13.5. The zero-order valence-electron chi connectivity index (χ0n) is 11.5. The van der Waals surface area contributed by atoms with Crippen molar-refractivity contribution in [1.29, 1.82) is 0 Å². The Balaban J connectivity index is 3.84. The molecule has 0 rings (SSSR count). The molecule has 0 spiro atoms. The maximum atomic E-state index is 11.5. The molecule has 0 heterocycles. The molecule has 0 fully saturated rings. The number of rotatable bonds is 6. The average Bonchev–Trinajstić information content (AvgIpc) is 2.21. The maximum Gasteiger partial charge on any atom is 0.311 e. The molecule has 17 heavy (non-hydrogen) atoms. The van der Waals surface area contributed by atoms with Gasteiger partial charge in [0.2, 0.25) is 0 Å². The molecule has 0 aromatic rings. The molecule has 0 saturated heterocycles. The summed E-state index contributed by atoms with van der Waals surface area (Å²) in [5, 5.41) is 0. The molecule has 0 amide bonds. The van der Waals surface area contributed by atoms with Crippen LogP contribution < -0.4 is 0 Å². The van der Waals surface area contributed by atoms with E-state index in [0.29, 0.717) is 6.42 Å². The van der Waals surface area contributed by atoms with Crippen molar-refractivity contribution in [2.24, 2.45) is 5.41 Å². The topological polar surface area (TPSA) is 52.6 Å². The van der Waals surface area contributed by atoms with Gasteiger partial charge >= 0.3 is 11.9 Å². The Labute approximate surface area is 104 Å². The van der Waals surface area contributed by atoms with Gasteiger partial charge in [0.05, 0.1) is 5.41 Å². The van der Waals surface area contributed by atoms with Crippen molar-refractivity contribution in [3.63, 3.8) is 0 Å². The molecule has 4 heteroatoms. The molecule has 1 unspecified atom stereocenters. The number of ether oxygens (including phenoxy) is 2. The number of hydrogen-bond donors (Lipinski definition) is 0. The summed E-state index contributed by atoms with van der Waals surface area (Å²) in [5.41, 5.74) is -0.522. The van der Waals surface area contributed by atoms with Gasteiger partial charge in [-0.05, 0) is 34.1 Å². The summed E-state index contributed by atoms with van der Waals surface area (Å²) >= 11 is 0. The molecule has 0 aliphatic rings. The minimum Gasteiger partial charge on any atom is -0.461 e. The van der Waals surface area contributed by atoms with Crippen LogP contribution in [0.25, 0.3) is 0 Å². The minimum absolute atomic E-state index is 0.119. The Morgan fingerprint density at radius 1 is 1.24 bits per heavy atom. The number of esters is 2. The summed E-state index contributed by atoms with van der Waals surface area (Å²) < 4.78 is 10.2. The number of hydrogen-bond acceptors (Lipinski definition) is 4. The fourth-order valence-electron chi connectivity index (χ4n) is 1.05. The first-order valence-corrected chi connectivity index (χ1v) is 6.14. The highest BCUT2D eigenvalue weighted by atomic mass is 16.6. The molecular weight excluding hydrogens is 220 g/mol. The van der Waals surface area contributed by atoms with E-state index in [1.54, 1.807) is 27.7 Å². The van der Waals surface area contributed by atoms with Gasteiger partial charge in [0.15, 0.2) is 0 Å². The summed E-state index contributed by atoms with van der Waals surface area (Å²) in [4.78, 5) is 22.8. The van der Waals surface area contributed by atoms with E-state index in [1.807, 2.05) is 6.92 Å². The van der Waals surface area contributed by atoms with Gasteiger partial charge in [-0.25, -0.2) is 0 Å². The Bertz CT molecular complexity index is 253. The quantitative estimate of drug-likeness (QED) is 0.674. The first kappa shape index (κ1) is 15.9. The van der Waals surface area contributed by atoms with Crippen molar-refractivity contribution >= 4 is 11.9 Å². The van der Waals surface area contributed by atoms with Crippen molar-refractivity contribution < 1.29 is 19.1 Å². The van der Waals surface area contributed by atoms with E-state index in [9.17, 15) is 9.59 Å². The summed E-state index contributed by atoms with van der Waals surface area (Å²) in [6.07, 6.45) is 1.83. The summed E-state index contributed by atoms with van der Waals surface area (Å²) in [7, 11) is 0. The Morgan fingerprint density at radius 2 is 1.82 bits per heavy atom. The smallest absolute Gasteiger partial charge is 0.311 e. The van der Waals surface area contributed by atoms with Crippen LogP contribution in [0.15, 0.2) is 0 Å². The van der Waals surface area contributed by atoms with Crippen molar-refractivity contribution in [2.75, 3.05) is 6.61 Å². The van der Waals surface area contributed by atoms with Gasteiger partial charge in [0.25, 0.3) is 0 Å². The van der Waals surface area contributed by atoms with Crippen LogP contribution in [0, 0.1) is 5.41 Å². The summed E-state index contributed by atoms with van der Waals surface area (Å²) in [6, 6.07) is 0. The highest BCUT2D eigenvalue weighted by Crippen LogP contribution is 2.15. The van der Waals surface area contributed by atoms with E-state index in [0.717, 1.165) is 12.8 Å². The predicted molar refractivity (Wildman–Crippen MR) is 65.5 cm³/mol. The van der Waals surface area contributed by atoms with Gasteiger partial charge in [0.1, 0.15) is 12.7 Å². The second kappa shape index (κ2) is 7.30. The molecule has 0 saturated carbocycles. The number of carbonyl (C=O) groups is 2. The zero-order valence-corrected chi connectivity index (χ0v) is 11.5. The lowest BCUT2D eigenvalue weighted by Gasteiger charge is -2.19. The largest absolute Gasteiger partial charge is 0.461 e. The molecule has 0 aromatic carbocycles. The first-order chi connectivity index (χ1) is 7.77. The molecule has 0 radical (unpaired) electrons. The van der Waals surface area contributed by atoms with E-state index in [2.05, 4.69) is 0 Å². The Hall–Kier alpha value is -1.06. The third-order valence-corrected chi connectivity index (χ3v) is 2.13. The molecule has 100 valence electrons. The molecule has 0 N–H and O–H groups in total. The lowest BCUT2D eigenvalue weighted by atomic mass is 9.97. The molecule has 0 aliphatic heterocycles. The van der Waals surface area contributed by atoms with Gasteiger partial charge in [-0.3, -0.25) is 9.59 Å². The molecular formula is C13H24O4. The van der Waals surface area contributed by atoms with Crippen molar-refractivity contribution in [3.8, 4) is 0 Å². The predicted octanol–water partition coefficient (Wildman–Crippen LogP) is 2.70. The maximum absolute atomic E-state index is 11.5. The van der Waals surface area contributed by atoms with Gasteiger partial charge < -0.3 is 9.47 Å². The number of carbonyl (C=O) groups excluding carboxylic acids is 2. The van der Waals surface area contributed by atoms with E-state index in [4.69, 9.17) is 9.47 Å². The lowest BCUT2D eigenvalue weighted by Crippen LogP contribution is -2.28. The summed E-state index contributed by atoms with van der Waals surface area (Å²) in [5.74, 6) is -0.514. The standard InChI is InChI=1S/C13H24O4/c1-6-7-8-11(14)17-10(2)9-16-12(15)13(3,4)5/h10H,6-9H2,1-5H3. The van der Waals surface area contributed by atoms with Crippen LogP contribution in [0.1, 0.15) is 53.9 Å². The number of unbranched alkanes of at least 4 members (excludes halogenated alkanes) is 1. The SMILES string of the molecule is CCCCC(=O)OC(C)COC(=O)C(C)(C)C. The molecule has 4 nitrogen and oxygen atoms in total. The summed E-state index contributed by atoms with van der Waals surface area (Å²) in [6.45, 7) is 9.21. The average molecular weight is 244 g/mol. The fourth-order valence-corrected chi connectivity index (χ4v) is 1.05. The van der Waals surface area contributed by atoms with Crippen LogP contribution in [0.3, 0.4) is 0 Å². The Kier molecular flexibility index (Phi) is 6.85. The van der Waals surface area contributed by atoms with Crippen LogP contribution in [0.5, 0.6) is 0 Å². The van der Waals surface area contributed by atoms with Gasteiger partial charge in [-0.1, -0.05) is 13.3 Å². The molecule has 0 aromatic heterocycles. The van der Waals surface area contributed by atoms with Crippen LogP contribution in [0.2, 0.25) is 0 Å². The van der Waals surface area contributed by atoms with Crippen molar-refractivity contribution in [1.82, 2.24) is 0 Å². The van der Waals surface area contributed by atoms with Gasteiger partial charge in [-0.15, -0.1) is 0 Å². The van der Waals surface area contributed by atoms with Crippen molar-refractivity contribution in [2.45, 2.75) is 60.0 Å². The van der Waals surface area contributed by atoms with Crippen LogP contribution in [-0.4, -0.2) is 24.6 Å². The van der Waals surface area contributed by atoms with Crippen LogP contribution in [-0.2, 0) is 19.1 Å². The highest BCUT2D eigenvalue weighted by molar-refractivity contribution is 5.75. The fraction of sp³-hybridized carbons (Fsp3) is 0.846. The molecule has 0 bridgehead atoms. The normalized spacial score (nSPS) is 13.0. The molecule has 1 atom stereocenters. The second-order valence-electron chi connectivity index (χ2n) is 5.25. The van der Waals surface area contributed by atoms with Crippen LogP contribution in [0.4, 0.5) is 0 Å². The first-order valence-electron chi connectivity index (χ1n) is 6.14. The second-order valence-corrected chi connectivity index (χ2v) is 5.25. The van der Waals surface area contributed by atoms with E-state index >= 15 is 0 Å². The third-order valence-electron chi connectivity index (χ3n) is 2.13. The highest BCUT2D eigenvalue weighted by Gasteiger charge is 2.24. The monoisotopic (exact) mass is 244 g/mol. The van der Waals surface area contributed by atoms with E-state index in [-0.39, 0.29) is 24.6 Å². The van der Waals surface area contributed by atoms with E-state index in [1.165, 1.54) is 0 Å². The third kappa shape index (κ3) is 7.77. The molecule has 0 aliphatic carbocycles.